The van der Waals surface area contributed by atoms with E-state index in [2.05, 4.69) is 15.4 Å². The van der Waals surface area contributed by atoms with Crippen LogP contribution in [-0.2, 0) is 14.9 Å². The molecule has 0 bridgehead atoms. The molecular formula is C8H16N2O3S. The third kappa shape index (κ3) is 5.94. The van der Waals surface area contributed by atoms with E-state index in [1.54, 1.807) is 0 Å². The average molecular weight is 220 g/mol. The molecule has 5 nitrogen and oxygen atoms in total. The van der Waals surface area contributed by atoms with E-state index in [0.717, 1.165) is 0 Å². The third-order valence-corrected chi connectivity index (χ3v) is 2.68. The van der Waals surface area contributed by atoms with Crippen molar-refractivity contribution >= 4 is 10.2 Å². The Bertz CT molecular complexity index is 281. The maximum Gasteiger partial charge on any atom is 0.278 e. The molecule has 82 valence electrons. The Hall–Kier alpha value is -0.610. The highest BCUT2D eigenvalue weighted by atomic mass is 32.2. The Labute approximate surface area is 85.4 Å². The van der Waals surface area contributed by atoms with Crippen LogP contribution in [0.5, 0.6) is 0 Å². The average Bonchev–Trinajstić information content (AvgIpc) is 2.14. The normalized spacial score (nSPS) is 13.5. The fourth-order valence-corrected chi connectivity index (χ4v) is 1.79. The molecule has 0 aromatic heterocycles. The fraction of sp³-hybridized carbons (Fsp3) is 0.750. The second-order valence-corrected chi connectivity index (χ2v) is 4.17. The number of ether oxygens (including phenoxy) is 1. The van der Waals surface area contributed by atoms with Crippen LogP contribution in [0.15, 0.2) is 0 Å². The second kappa shape index (κ2) is 6.79. The highest BCUT2D eigenvalue weighted by molar-refractivity contribution is 7.87. The molecule has 1 unspecified atom stereocenters. The molecule has 0 rings (SSSR count). The first-order chi connectivity index (χ1) is 6.55. The Morgan fingerprint density at radius 2 is 2.21 bits per heavy atom. The fourth-order valence-electron chi connectivity index (χ4n) is 0.742. The van der Waals surface area contributed by atoms with Crippen molar-refractivity contribution in [3.05, 3.63) is 0 Å². The molecule has 14 heavy (non-hydrogen) atoms. The van der Waals surface area contributed by atoms with Crippen LogP contribution in [-0.4, -0.2) is 34.7 Å². The summed E-state index contributed by atoms with van der Waals surface area (Å²) in [6, 6.07) is -0.463. The van der Waals surface area contributed by atoms with Crippen LogP contribution >= 0.6 is 0 Å². The predicted molar refractivity (Wildman–Crippen MR) is 54.8 cm³/mol. The summed E-state index contributed by atoms with van der Waals surface area (Å²) in [5.74, 6) is 2.34. The van der Waals surface area contributed by atoms with E-state index in [1.807, 2.05) is 6.92 Å². The first-order valence-corrected chi connectivity index (χ1v) is 5.76. The summed E-state index contributed by atoms with van der Waals surface area (Å²) in [6.07, 6.45) is 5.67. The second-order valence-electron chi connectivity index (χ2n) is 2.64. The molecule has 0 amide bonds. The van der Waals surface area contributed by atoms with Crippen molar-refractivity contribution in [1.82, 2.24) is 9.44 Å². The van der Waals surface area contributed by atoms with Gasteiger partial charge in [-0.3, -0.25) is 0 Å². The van der Waals surface area contributed by atoms with Crippen LogP contribution < -0.4 is 9.44 Å². The van der Waals surface area contributed by atoms with Gasteiger partial charge in [0.15, 0.2) is 0 Å². The van der Waals surface area contributed by atoms with Crippen LogP contribution in [0.25, 0.3) is 0 Å². The minimum Gasteiger partial charge on any atom is -0.383 e. The van der Waals surface area contributed by atoms with Crippen molar-refractivity contribution in [2.24, 2.45) is 0 Å². The van der Waals surface area contributed by atoms with Gasteiger partial charge in [0.2, 0.25) is 0 Å². The summed E-state index contributed by atoms with van der Waals surface area (Å²) >= 11 is 0. The molecule has 0 aromatic carbocycles. The van der Waals surface area contributed by atoms with Crippen molar-refractivity contribution < 1.29 is 13.2 Å². The van der Waals surface area contributed by atoms with Crippen molar-refractivity contribution in [3.63, 3.8) is 0 Å². The van der Waals surface area contributed by atoms with Crippen LogP contribution in [0.3, 0.4) is 0 Å². The summed E-state index contributed by atoms with van der Waals surface area (Å²) < 4.78 is 31.8. The SMILES string of the molecule is C#CC(CC)NS(=O)(=O)NCCOC. The van der Waals surface area contributed by atoms with E-state index >= 15 is 0 Å². The summed E-state index contributed by atoms with van der Waals surface area (Å²) in [4.78, 5) is 0. The number of hydrogen-bond acceptors (Lipinski definition) is 3. The molecule has 2 N–H and O–H groups in total. The van der Waals surface area contributed by atoms with Gasteiger partial charge >= 0.3 is 0 Å². The molecule has 0 aromatic rings. The summed E-state index contributed by atoms with van der Waals surface area (Å²) in [6.45, 7) is 2.36. The van der Waals surface area contributed by atoms with E-state index in [9.17, 15) is 8.42 Å². The van der Waals surface area contributed by atoms with Crippen LogP contribution in [0.1, 0.15) is 13.3 Å². The first kappa shape index (κ1) is 13.4. The van der Waals surface area contributed by atoms with Gasteiger partial charge in [-0.2, -0.15) is 17.9 Å². The molecule has 0 fully saturated rings. The third-order valence-electron chi connectivity index (χ3n) is 1.51. The van der Waals surface area contributed by atoms with E-state index in [-0.39, 0.29) is 6.54 Å². The van der Waals surface area contributed by atoms with Gasteiger partial charge in [0.1, 0.15) is 0 Å². The van der Waals surface area contributed by atoms with Gasteiger partial charge in [0.25, 0.3) is 10.2 Å². The number of methoxy groups -OCH3 is 1. The van der Waals surface area contributed by atoms with Gasteiger partial charge < -0.3 is 4.74 Å². The van der Waals surface area contributed by atoms with Crippen LogP contribution in [0.4, 0.5) is 0 Å². The molecule has 0 heterocycles. The zero-order valence-electron chi connectivity index (χ0n) is 8.41. The van der Waals surface area contributed by atoms with Crippen LogP contribution in [0, 0.1) is 12.3 Å². The quantitative estimate of drug-likeness (QED) is 0.447. The van der Waals surface area contributed by atoms with E-state index in [4.69, 9.17) is 11.2 Å². The standard InChI is InChI=1S/C8H16N2O3S/c1-4-8(5-2)10-14(11,12)9-6-7-13-3/h1,8-10H,5-7H2,2-3H3. The lowest BCUT2D eigenvalue weighted by Crippen LogP contribution is -2.42. The molecule has 0 aliphatic carbocycles. The van der Waals surface area contributed by atoms with Gasteiger partial charge in [-0.25, -0.2) is 0 Å². The van der Waals surface area contributed by atoms with Crippen molar-refractivity contribution in [2.45, 2.75) is 19.4 Å². The van der Waals surface area contributed by atoms with E-state index < -0.39 is 16.3 Å². The Morgan fingerprint density at radius 3 is 2.64 bits per heavy atom. The molecule has 0 saturated heterocycles. The Balaban J connectivity index is 4.02. The molecule has 0 aliphatic rings. The molecule has 6 heteroatoms. The zero-order chi connectivity index (χ0) is 11.0. The lowest BCUT2D eigenvalue weighted by molar-refractivity contribution is 0.204. The lowest BCUT2D eigenvalue weighted by Gasteiger charge is -2.11. The molecule has 1 atom stereocenters. The van der Waals surface area contributed by atoms with Gasteiger partial charge in [0.05, 0.1) is 12.6 Å². The van der Waals surface area contributed by atoms with Crippen molar-refractivity contribution in [3.8, 4) is 12.3 Å². The molecule has 0 saturated carbocycles. The van der Waals surface area contributed by atoms with Gasteiger partial charge in [-0.1, -0.05) is 12.8 Å². The highest BCUT2D eigenvalue weighted by Crippen LogP contribution is 1.90. The maximum atomic E-state index is 11.3. The molecular weight excluding hydrogens is 204 g/mol. The smallest absolute Gasteiger partial charge is 0.278 e. The summed E-state index contributed by atoms with van der Waals surface area (Å²) in [5, 5.41) is 0. The Morgan fingerprint density at radius 1 is 1.57 bits per heavy atom. The van der Waals surface area contributed by atoms with E-state index in [1.165, 1.54) is 7.11 Å². The summed E-state index contributed by atoms with van der Waals surface area (Å²) in [7, 11) is -2.00. The number of nitrogens with one attached hydrogen (secondary N) is 2. The maximum absolute atomic E-state index is 11.3. The highest BCUT2D eigenvalue weighted by Gasteiger charge is 2.13. The topological polar surface area (TPSA) is 67.4 Å². The van der Waals surface area contributed by atoms with Gasteiger partial charge in [0, 0.05) is 13.7 Å². The lowest BCUT2D eigenvalue weighted by atomic mass is 10.3. The minimum absolute atomic E-state index is 0.229. The number of terminal acetylenes is 1. The van der Waals surface area contributed by atoms with Gasteiger partial charge in [-0.05, 0) is 6.42 Å². The largest absolute Gasteiger partial charge is 0.383 e. The Kier molecular flexibility index (Phi) is 6.49. The van der Waals surface area contributed by atoms with E-state index in [0.29, 0.717) is 13.0 Å². The van der Waals surface area contributed by atoms with Crippen molar-refractivity contribution in [2.75, 3.05) is 20.3 Å². The predicted octanol–water partition coefficient (Wildman–Crippen LogP) is -0.531. The number of hydrogen-bond donors (Lipinski definition) is 2. The first-order valence-electron chi connectivity index (χ1n) is 4.27. The molecule has 0 radical (unpaired) electrons. The monoisotopic (exact) mass is 220 g/mol. The van der Waals surface area contributed by atoms with Crippen LogP contribution in [0.2, 0.25) is 0 Å². The zero-order valence-corrected chi connectivity index (χ0v) is 9.23. The van der Waals surface area contributed by atoms with Gasteiger partial charge in [-0.15, -0.1) is 6.42 Å². The van der Waals surface area contributed by atoms with Crippen molar-refractivity contribution in [1.29, 1.82) is 0 Å². The molecule has 0 spiro atoms. The summed E-state index contributed by atoms with van der Waals surface area (Å²) in [5.41, 5.74) is 0. The number of rotatable bonds is 7. The molecule has 0 aliphatic heterocycles. The minimum atomic E-state index is -3.50.